The van der Waals surface area contributed by atoms with Gasteiger partial charge >= 0.3 is 6.09 Å². The predicted octanol–water partition coefficient (Wildman–Crippen LogP) is 2.26. The van der Waals surface area contributed by atoms with E-state index in [2.05, 4.69) is 10.0 Å². The third-order valence-corrected chi connectivity index (χ3v) is 11.2. The van der Waals surface area contributed by atoms with Crippen LogP contribution in [0.1, 0.15) is 56.9 Å². The molecule has 5 unspecified atom stereocenters. The summed E-state index contributed by atoms with van der Waals surface area (Å²) >= 11 is 0. The fourth-order valence-corrected chi connectivity index (χ4v) is 7.99. The van der Waals surface area contributed by atoms with Crippen molar-refractivity contribution in [3.63, 3.8) is 0 Å². The first-order chi connectivity index (χ1) is 20.1. The molecule has 0 saturated heterocycles. The minimum atomic E-state index is -3.81. The second-order valence-corrected chi connectivity index (χ2v) is 14.3. The SMILES string of the molecule is CN1CCCC/C=C/C2CC2(C(=O)NS(=O)(=O)C2CC2)NC(=O)C2CC(OC(=O)N3CCc4ccccc43)CC2C1=O. The Balaban J connectivity index is 1.22. The normalized spacial score (nSPS) is 32.1. The minimum Gasteiger partial charge on any atom is -0.446 e. The van der Waals surface area contributed by atoms with Gasteiger partial charge in [-0.3, -0.25) is 24.0 Å². The number of nitrogens with one attached hydrogen (secondary N) is 2. The van der Waals surface area contributed by atoms with Crippen molar-refractivity contribution in [2.24, 2.45) is 17.8 Å². The van der Waals surface area contributed by atoms with Gasteiger partial charge in [0, 0.05) is 26.1 Å². The van der Waals surface area contributed by atoms with Crippen LogP contribution >= 0.6 is 0 Å². The number of nitrogens with zero attached hydrogens (tertiary/aromatic N) is 2. The van der Waals surface area contributed by atoms with Gasteiger partial charge in [-0.2, -0.15) is 0 Å². The van der Waals surface area contributed by atoms with Crippen molar-refractivity contribution in [2.75, 3.05) is 25.0 Å². The molecule has 5 aliphatic rings. The zero-order chi connectivity index (χ0) is 29.6. The van der Waals surface area contributed by atoms with Gasteiger partial charge in [0.2, 0.25) is 21.8 Å². The van der Waals surface area contributed by atoms with E-state index in [4.69, 9.17) is 4.74 Å². The lowest BCUT2D eigenvalue weighted by Crippen LogP contribution is -2.54. The van der Waals surface area contributed by atoms with E-state index in [-0.39, 0.29) is 31.1 Å². The van der Waals surface area contributed by atoms with Crippen molar-refractivity contribution in [3.8, 4) is 0 Å². The van der Waals surface area contributed by atoms with Crippen LogP contribution in [0.2, 0.25) is 0 Å². The number of benzene rings is 1. The number of hydrogen-bond acceptors (Lipinski definition) is 7. The molecule has 11 nitrogen and oxygen atoms in total. The van der Waals surface area contributed by atoms with Crippen molar-refractivity contribution >= 4 is 39.5 Å². The van der Waals surface area contributed by atoms with Gasteiger partial charge < -0.3 is 15.0 Å². The van der Waals surface area contributed by atoms with E-state index in [1.54, 1.807) is 16.8 Å². The summed E-state index contributed by atoms with van der Waals surface area (Å²) in [5.41, 5.74) is 0.466. The Morgan fingerprint density at radius 1 is 1.07 bits per heavy atom. The van der Waals surface area contributed by atoms with Crippen LogP contribution in [0.3, 0.4) is 0 Å². The molecular weight excluding hydrogens is 560 g/mol. The van der Waals surface area contributed by atoms with Gasteiger partial charge in [0.1, 0.15) is 11.6 Å². The number of carbonyl (C=O) groups is 4. The van der Waals surface area contributed by atoms with E-state index >= 15 is 0 Å². The number of anilines is 1. The number of amides is 4. The molecule has 0 aromatic heterocycles. The molecule has 12 heteroatoms. The van der Waals surface area contributed by atoms with Gasteiger partial charge in [-0.1, -0.05) is 30.4 Å². The molecule has 1 aromatic rings. The number of rotatable bonds is 4. The Hall–Kier alpha value is -3.41. The lowest BCUT2D eigenvalue weighted by Gasteiger charge is -2.26. The molecule has 0 spiro atoms. The molecule has 2 heterocycles. The number of para-hydroxylation sites is 1. The van der Waals surface area contributed by atoms with Crippen LogP contribution in [-0.2, 0) is 35.6 Å². The summed E-state index contributed by atoms with van der Waals surface area (Å²) in [7, 11) is -2.09. The minimum absolute atomic E-state index is 0.135. The summed E-state index contributed by atoms with van der Waals surface area (Å²) in [6, 6.07) is 7.64. The molecule has 3 saturated carbocycles. The van der Waals surface area contributed by atoms with E-state index in [1.807, 2.05) is 36.4 Å². The molecule has 2 aliphatic heterocycles. The lowest BCUT2D eigenvalue weighted by atomic mass is 9.93. The van der Waals surface area contributed by atoms with E-state index in [0.29, 0.717) is 25.9 Å². The zero-order valence-electron chi connectivity index (χ0n) is 23.8. The summed E-state index contributed by atoms with van der Waals surface area (Å²) in [6.07, 6.45) is 7.38. The Morgan fingerprint density at radius 2 is 1.83 bits per heavy atom. The van der Waals surface area contributed by atoms with Crippen LogP contribution in [0.15, 0.2) is 36.4 Å². The molecule has 5 atom stereocenters. The topological polar surface area (TPSA) is 142 Å². The Labute approximate surface area is 246 Å². The number of carbonyl (C=O) groups excluding carboxylic acids is 4. The molecule has 3 fully saturated rings. The summed E-state index contributed by atoms with van der Waals surface area (Å²) in [5.74, 6) is -3.35. The van der Waals surface area contributed by atoms with Gasteiger partial charge in [-0.15, -0.1) is 0 Å². The first-order valence-electron chi connectivity index (χ1n) is 14.9. The van der Waals surface area contributed by atoms with Gasteiger partial charge in [-0.25, -0.2) is 13.2 Å². The number of sulfonamides is 1. The van der Waals surface area contributed by atoms with Crippen molar-refractivity contribution in [2.45, 2.75) is 74.7 Å². The van der Waals surface area contributed by atoms with Crippen LogP contribution < -0.4 is 14.9 Å². The maximum atomic E-state index is 13.8. The Morgan fingerprint density at radius 3 is 2.62 bits per heavy atom. The molecule has 226 valence electrons. The molecule has 6 rings (SSSR count). The largest absolute Gasteiger partial charge is 0.446 e. The second kappa shape index (κ2) is 11.0. The molecule has 1 aromatic carbocycles. The average Bonchev–Trinajstić information content (AvgIpc) is 3.84. The standard InChI is InChI=1S/C30H38N4O7S/c1-33-14-7-3-2-4-9-20-18-30(20,28(37)32-42(39,40)22-11-12-22)31-26(35)23-16-21(17-24(23)27(33)36)41-29(38)34-15-13-19-8-5-6-10-25(19)34/h4-6,8-10,20-24H,2-3,7,11-18H2,1H3,(H,31,35)(H,32,37)/b9-4+. The van der Waals surface area contributed by atoms with Gasteiger partial charge in [-0.05, 0) is 69.4 Å². The molecule has 4 amide bonds. The predicted molar refractivity (Wildman–Crippen MR) is 154 cm³/mol. The van der Waals surface area contributed by atoms with E-state index in [1.165, 1.54) is 0 Å². The first-order valence-corrected chi connectivity index (χ1v) is 16.5. The van der Waals surface area contributed by atoms with Crippen LogP contribution in [0, 0.1) is 17.8 Å². The van der Waals surface area contributed by atoms with E-state index in [0.717, 1.165) is 36.9 Å². The zero-order valence-corrected chi connectivity index (χ0v) is 24.6. The highest BCUT2D eigenvalue weighted by molar-refractivity contribution is 7.91. The third kappa shape index (κ3) is 5.52. The molecule has 3 aliphatic carbocycles. The molecule has 2 N–H and O–H groups in total. The number of ether oxygens (including phenoxy) is 1. The summed E-state index contributed by atoms with van der Waals surface area (Å²) in [6.45, 7) is 1.04. The van der Waals surface area contributed by atoms with Gasteiger partial charge in [0.25, 0.3) is 5.91 Å². The van der Waals surface area contributed by atoms with Crippen LogP contribution in [0.25, 0.3) is 0 Å². The molecule has 0 bridgehead atoms. The first kappa shape index (κ1) is 28.7. The average molecular weight is 599 g/mol. The number of hydrogen-bond donors (Lipinski definition) is 2. The molecular formula is C30H38N4O7S. The van der Waals surface area contributed by atoms with Crippen molar-refractivity contribution in [1.82, 2.24) is 14.9 Å². The van der Waals surface area contributed by atoms with Gasteiger partial charge in [0.05, 0.1) is 22.8 Å². The van der Waals surface area contributed by atoms with E-state index < -0.39 is 56.7 Å². The fourth-order valence-electron chi connectivity index (χ4n) is 6.63. The monoisotopic (exact) mass is 598 g/mol. The fraction of sp³-hybridized carbons (Fsp3) is 0.600. The highest BCUT2D eigenvalue weighted by Crippen LogP contribution is 2.47. The Bertz CT molecular complexity index is 1420. The quantitative estimate of drug-likeness (QED) is 0.507. The van der Waals surface area contributed by atoms with Crippen molar-refractivity contribution < 1.29 is 32.3 Å². The highest BCUT2D eigenvalue weighted by atomic mass is 32.2. The lowest BCUT2D eigenvalue weighted by molar-refractivity contribution is -0.140. The van der Waals surface area contributed by atoms with Crippen molar-refractivity contribution in [3.05, 3.63) is 42.0 Å². The van der Waals surface area contributed by atoms with Crippen LogP contribution in [-0.4, -0.2) is 74.2 Å². The maximum absolute atomic E-state index is 13.8. The summed E-state index contributed by atoms with van der Waals surface area (Å²) in [4.78, 5) is 57.2. The summed E-state index contributed by atoms with van der Waals surface area (Å²) < 4.78 is 33.2. The maximum Gasteiger partial charge on any atom is 0.414 e. The van der Waals surface area contributed by atoms with Crippen LogP contribution in [0.5, 0.6) is 0 Å². The van der Waals surface area contributed by atoms with Gasteiger partial charge in [0.15, 0.2) is 0 Å². The Kier molecular flexibility index (Phi) is 7.53. The van der Waals surface area contributed by atoms with Crippen molar-refractivity contribution in [1.29, 1.82) is 0 Å². The number of fused-ring (bicyclic) bond motifs is 3. The second-order valence-electron chi connectivity index (χ2n) is 12.4. The highest BCUT2D eigenvalue weighted by Gasteiger charge is 2.62. The van der Waals surface area contributed by atoms with E-state index in [9.17, 15) is 27.6 Å². The summed E-state index contributed by atoms with van der Waals surface area (Å²) in [5, 5.41) is 2.28. The van der Waals surface area contributed by atoms with Crippen LogP contribution in [0.4, 0.5) is 10.5 Å². The molecule has 0 radical (unpaired) electrons. The molecule has 42 heavy (non-hydrogen) atoms. The number of allylic oxidation sites excluding steroid dienone is 1. The third-order valence-electron chi connectivity index (χ3n) is 9.37. The smallest absolute Gasteiger partial charge is 0.414 e.